The topological polar surface area (TPSA) is 54.0 Å². The van der Waals surface area contributed by atoms with Crippen LogP contribution in [0.25, 0.3) is 0 Å². The van der Waals surface area contributed by atoms with Gasteiger partial charge in [0.2, 0.25) is 0 Å². The molecule has 0 saturated carbocycles. The molecule has 0 fully saturated rings. The average Bonchev–Trinajstić information content (AvgIpc) is 2.63. The molecule has 2 aromatic carbocycles. The monoisotopic (exact) mass is 363 g/mol. The number of benzene rings is 2. The maximum absolute atomic E-state index is 13.8. The van der Waals surface area contributed by atoms with Gasteiger partial charge in [-0.3, -0.25) is 9.78 Å². The Morgan fingerprint density at radius 1 is 0.963 bits per heavy atom. The SMILES string of the molecule is CC(C)(C)c1ccc(NC(=O)c2cncc(Nc3ccccc3F)c2)cc1. The molecule has 0 atom stereocenters. The molecule has 1 heterocycles. The zero-order chi connectivity index (χ0) is 19.4. The lowest BCUT2D eigenvalue weighted by Crippen LogP contribution is -2.14. The Morgan fingerprint density at radius 2 is 1.67 bits per heavy atom. The standard InChI is InChI=1S/C22H22FN3O/c1-22(2,3)16-8-10-17(11-9-16)26-21(27)15-12-18(14-24-13-15)25-20-7-5-4-6-19(20)23/h4-14,25H,1-3H3,(H,26,27). The number of anilines is 3. The van der Waals surface area contributed by atoms with E-state index < -0.39 is 0 Å². The van der Waals surface area contributed by atoms with Crippen LogP contribution in [0.15, 0.2) is 67.0 Å². The van der Waals surface area contributed by atoms with E-state index in [1.807, 2.05) is 24.3 Å². The van der Waals surface area contributed by atoms with Crippen molar-refractivity contribution >= 4 is 23.0 Å². The van der Waals surface area contributed by atoms with E-state index in [9.17, 15) is 9.18 Å². The number of para-hydroxylation sites is 1. The predicted octanol–water partition coefficient (Wildman–Crippen LogP) is 5.51. The third kappa shape index (κ3) is 4.70. The Morgan fingerprint density at radius 3 is 2.33 bits per heavy atom. The smallest absolute Gasteiger partial charge is 0.257 e. The first kappa shape index (κ1) is 18.6. The summed E-state index contributed by atoms with van der Waals surface area (Å²) >= 11 is 0. The lowest BCUT2D eigenvalue weighted by Gasteiger charge is -2.19. The second-order valence-corrected chi connectivity index (χ2v) is 7.35. The lowest BCUT2D eigenvalue weighted by molar-refractivity contribution is 0.102. The summed E-state index contributed by atoms with van der Waals surface area (Å²) in [4.78, 5) is 16.6. The Labute approximate surface area is 158 Å². The second-order valence-electron chi connectivity index (χ2n) is 7.35. The molecule has 5 heteroatoms. The zero-order valence-corrected chi connectivity index (χ0v) is 15.6. The Hall–Kier alpha value is -3.21. The molecule has 0 unspecified atom stereocenters. The van der Waals surface area contributed by atoms with Crippen LogP contribution in [0.5, 0.6) is 0 Å². The third-order valence-corrected chi connectivity index (χ3v) is 4.16. The molecule has 1 amide bonds. The van der Waals surface area contributed by atoms with E-state index in [0.717, 1.165) is 0 Å². The van der Waals surface area contributed by atoms with Gasteiger partial charge in [0.25, 0.3) is 5.91 Å². The van der Waals surface area contributed by atoms with Gasteiger partial charge in [0.05, 0.1) is 23.1 Å². The molecule has 0 aliphatic carbocycles. The summed E-state index contributed by atoms with van der Waals surface area (Å²) in [6.45, 7) is 6.42. The molecule has 3 rings (SSSR count). The molecular formula is C22H22FN3O. The quantitative estimate of drug-likeness (QED) is 0.642. The summed E-state index contributed by atoms with van der Waals surface area (Å²) in [5.41, 5.74) is 3.21. The minimum absolute atomic E-state index is 0.0547. The van der Waals surface area contributed by atoms with E-state index in [2.05, 4.69) is 36.4 Å². The molecule has 0 spiro atoms. The number of pyridine rings is 1. The van der Waals surface area contributed by atoms with Crippen molar-refractivity contribution in [1.82, 2.24) is 4.98 Å². The molecule has 0 aliphatic heterocycles. The molecule has 0 radical (unpaired) electrons. The van der Waals surface area contributed by atoms with Gasteiger partial charge in [-0.1, -0.05) is 45.0 Å². The van der Waals surface area contributed by atoms with Crippen LogP contribution < -0.4 is 10.6 Å². The zero-order valence-electron chi connectivity index (χ0n) is 15.6. The van der Waals surface area contributed by atoms with Crippen molar-refractivity contribution in [3.05, 3.63) is 83.9 Å². The Kier molecular flexibility index (Phi) is 5.21. The fraction of sp³-hybridized carbons (Fsp3) is 0.182. The van der Waals surface area contributed by atoms with Gasteiger partial charge >= 0.3 is 0 Å². The number of rotatable bonds is 4. The summed E-state index contributed by atoms with van der Waals surface area (Å²) < 4.78 is 13.8. The normalized spacial score (nSPS) is 11.1. The van der Waals surface area contributed by atoms with Crippen molar-refractivity contribution < 1.29 is 9.18 Å². The molecule has 3 aromatic rings. The van der Waals surface area contributed by atoms with Crippen LogP contribution in [-0.4, -0.2) is 10.9 Å². The highest BCUT2D eigenvalue weighted by atomic mass is 19.1. The van der Waals surface area contributed by atoms with Crippen molar-refractivity contribution in [2.75, 3.05) is 10.6 Å². The molecule has 0 bridgehead atoms. The van der Waals surface area contributed by atoms with Gasteiger partial charge in [-0.15, -0.1) is 0 Å². The van der Waals surface area contributed by atoms with Crippen molar-refractivity contribution in [3.8, 4) is 0 Å². The van der Waals surface area contributed by atoms with E-state index >= 15 is 0 Å². The highest BCUT2D eigenvalue weighted by Crippen LogP contribution is 2.24. The van der Waals surface area contributed by atoms with Gasteiger partial charge in [0.15, 0.2) is 0 Å². The fourth-order valence-corrected chi connectivity index (χ4v) is 2.61. The number of aromatic nitrogens is 1. The minimum atomic E-state index is -0.369. The van der Waals surface area contributed by atoms with Gasteiger partial charge in [0.1, 0.15) is 5.82 Å². The van der Waals surface area contributed by atoms with Crippen molar-refractivity contribution in [2.24, 2.45) is 0 Å². The number of nitrogens with zero attached hydrogens (tertiary/aromatic N) is 1. The molecular weight excluding hydrogens is 341 g/mol. The molecule has 138 valence electrons. The molecule has 4 nitrogen and oxygen atoms in total. The van der Waals surface area contributed by atoms with Gasteiger partial charge in [-0.2, -0.15) is 0 Å². The van der Waals surface area contributed by atoms with Crippen LogP contribution >= 0.6 is 0 Å². The molecule has 2 N–H and O–H groups in total. The lowest BCUT2D eigenvalue weighted by atomic mass is 9.87. The summed E-state index contributed by atoms with van der Waals surface area (Å²) in [5.74, 6) is -0.644. The Bertz CT molecular complexity index is 946. The Balaban J connectivity index is 1.73. The summed E-state index contributed by atoms with van der Waals surface area (Å²) in [6.07, 6.45) is 3.02. The van der Waals surface area contributed by atoms with E-state index in [1.54, 1.807) is 30.5 Å². The van der Waals surface area contributed by atoms with Crippen molar-refractivity contribution in [2.45, 2.75) is 26.2 Å². The van der Waals surface area contributed by atoms with Crippen LogP contribution in [-0.2, 0) is 5.41 Å². The van der Waals surface area contributed by atoms with Gasteiger partial charge in [0, 0.05) is 11.9 Å². The van der Waals surface area contributed by atoms with Crippen LogP contribution in [0.1, 0.15) is 36.7 Å². The maximum atomic E-state index is 13.8. The number of hydrogen-bond donors (Lipinski definition) is 2. The number of amides is 1. The highest BCUT2D eigenvalue weighted by Gasteiger charge is 2.14. The summed E-state index contributed by atoms with van der Waals surface area (Å²) in [5, 5.41) is 5.80. The van der Waals surface area contributed by atoms with E-state index in [-0.39, 0.29) is 17.1 Å². The largest absolute Gasteiger partial charge is 0.352 e. The van der Waals surface area contributed by atoms with Gasteiger partial charge in [-0.25, -0.2) is 4.39 Å². The third-order valence-electron chi connectivity index (χ3n) is 4.16. The van der Waals surface area contributed by atoms with Crippen molar-refractivity contribution in [1.29, 1.82) is 0 Å². The first-order valence-corrected chi connectivity index (χ1v) is 8.71. The van der Waals surface area contributed by atoms with E-state index in [0.29, 0.717) is 22.6 Å². The minimum Gasteiger partial charge on any atom is -0.352 e. The average molecular weight is 363 g/mol. The second kappa shape index (κ2) is 7.58. The highest BCUT2D eigenvalue weighted by molar-refractivity contribution is 6.04. The summed E-state index contributed by atoms with van der Waals surface area (Å²) in [6, 6.07) is 15.8. The van der Waals surface area contributed by atoms with Crippen LogP contribution in [0, 0.1) is 5.82 Å². The van der Waals surface area contributed by atoms with Crippen LogP contribution in [0.3, 0.4) is 0 Å². The number of hydrogen-bond acceptors (Lipinski definition) is 3. The van der Waals surface area contributed by atoms with Gasteiger partial charge in [-0.05, 0) is 41.3 Å². The number of carbonyl (C=O) groups excluding carboxylic acids is 1. The molecule has 0 saturated heterocycles. The van der Waals surface area contributed by atoms with Gasteiger partial charge < -0.3 is 10.6 Å². The maximum Gasteiger partial charge on any atom is 0.257 e. The molecule has 27 heavy (non-hydrogen) atoms. The van der Waals surface area contributed by atoms with E-state index in [1.165, 1.54) is 17.8 Å². The number of halogens is 1. The number of nitrogens with one attached hydrogen (secondary N) is 2. The van der Waals surface area contributed by atoms with Crippen LogP contribution in [0.2, 0.25) is 0 Å². The molecule has 0 aliphatic rings. The van der Waals surface area contributed by atoms with Crippen LogP contribution in [0.4, 0.5) is 21.5 Å². The first-order valence-electron chi connectivity index (χ1n) is 8.71. The van der Waals surface area contributed by atoms with Crippen molar-refractivity contribution in [3.63, 3.8) is 0 Å². The fourth-order valence-electron chi connectivity index (χ4n) is 2.61. The van der Waals surface area contributed by atoms with E-state index in [4.69, 9.17) is 0 Å². The predicted molar refractivity (Wildman–Crippen MR) is 107 cm³/mol. The number of carbonyl (C=O) groups is 1. The summed E-state index contributed by atoms with van der Waals surface area (Å²) in [7, 11) is 0. The molecule has 1 aromatic heterocycles. The first-order chi connectivity index (χ1) is 12.8.